The summed E-state index contributed by atoms with van der Waals surface area (Å²) in [4.78, 5) is 2.27. The van der Waals surface area contributed by atoms with Crippen molar-refractivity contribution in [2.24, 2.45) is 5.73 Å². The van der Waals surface area contributed by atoms with Crippen molar-refractivity contribution in [3.63, 3.8) is 0 Å². The van der Waals surface area contributed by atoms with Crippen LogP contribution in [-0.4, -0.2) is 44.9 Å². The molecule has 0 aliphatic heterocycles. The highest BCUT2D eigenvalue weighted by molar-refractivity contribution is 5.31. The van der Waals surface area contributed by atoms with Crippen molar-refractivity contribution < 1.29 is 9.47 Å². The van der Waals surface area contributed by atoms with Crippen LogP contribution < -0.4 is 10.5 Å². The van der Waals surface area contributed by atoms with Crippen LogP contribution in [0.25, 0.3) is 0 Å². The summed E-state index contributed by atoms with van der Waals surface area (Å²) < 4.78 is 10.8. The monoisotopic (exact) mass is 280 g/mol. The number of methoxy groups -OCH3 is 1. The molecule has 0 aromatic heterocycles. The van der Waals surface area contributed by atoms with Gasteiger partial charge < -0.3 is 15.2 Å². The zero-order valence-electron chi connectivity index (χ0n) is 13.1. The highest BCUT2D eigenvalue weighted by Crippen LogP contribution is 2.23. The zero-order valence-corrected chi connectivity index (χ0v) is 13.1. The minimum absolute atomic E-state index is 0.181. The summed E-state index contributed by atoms with van der Waals surface area (Å²) in [6.45, 7) is 6.39. The third kappa shape index (κ3) is 5.49. The first-order valence-electron chi connectivity index (χ1n) is 7.24. The molecule has 0 radical (unpaired) electrons. The number of likely N-dealkylation sites (N-methyl/N-ethyl adjacent to an activating group) is 1. The molecule has 1 aromatic carbocycles. The molecule has 0 amide bonds. The van der Waals surface area contributed by atoms with Gasteiger partial charge in [-0.1, -0.05) is 12.1 Å². The summed E-state index contributed by atoms with van der Waals surface area (Å²) in [5.41, 5.74) is 7.15. The minimum Gasteiger partial charge on any atom is -0.491 e. The summed E-state index contributed by atoms with van der Waals surface area (Å²) >= 11 is 0. The van der Waals surface area contributed by atoms with Crippen LogP contribution >= 0.6 is 0 Å². The van der Waals surface area contributed by atoms with Gasteiger partial charge in [0.2, 0.25) is 0 Å². The van der Waals surface area contributed by atoms with Crippen LogP contribution in [0, 0.1) is 0 Å². The van der Waals surface area contributed by atoms with E-state index >= 15 is 0 Å². The minimum atomic E-state index is 0.181. The molecule has 0 fully saturated rings. The molecule has 1 unspecified atom stereocenters. The number of benzene rings is 1. The van der Waals surface area contributed by atoms with Gasteiger partial charge in [-0.3, -0.25) is 4.90 Å². The third-order valence-corrected chi connectivity index (χ3v) is 3.23. The summed E-state index contributed by atoms with van der Waals surface area (Å²) in [5.74, 6) is 0.904. The van der Waals surface area contributed by atoms with Crippen LogP contribution in [0.4, 0.5) is 0 Å². The first-order valence-corrected chi connectivity index (χ1v) is 7.24. The van der Waals surface area contributed by atoms with Gasteiger partial charge in [-0.2, -0.15) is 0 Å². The molecule has 1 atom stereocenters. The van der Waals surface area contributed by atoms with E-state index in [0.29, 0.717) is 6.54 Å². The number of ether oxygens (including phenoxy) is 2. The lowest BCUT2D eigenvalue weighted by Crippen LogP contribution is -2.31. The SMILES string of the molecule is COCCCN(C)C(CN)c1cccc(OC(C)C)c1. The average Bonchev–Trinajstić information content (AvgIpc) is 2.39. The molecule has 1 rings (SSSR count). The van der Waals surface area contributed by atoms with Crippen molar-refractivity contribution >= 4 is 0 Å². The van der Waals surface area contributed by atoms with E-state index in [2.05, 4.69) is 24.1 Å². The predicted octanol–water partition coefficient (Wildman–Crippen LogP) is 2.44. The van der Waals surface area contributed by atoms with E-state index in [9.17, 15) is 0 Å². The maximum absolute atomic E-state index is 5.95. The Morgan fingerprint density at radius 1 is 1.30 bits per heavy atom. The summed E-state index contributed by atoms with van der Waals surface area (Å²) in [6.07, 6.45) is 1.19. The Hall–Kier alpha value is -1.10. The third-order valence-electron chi connectivity index (χ3n) is 3.23. The molecule has 1 aromatic rings. The van der Waals surface area contributed by atoms with Gasteiger partial charge in [-0.25, -0.2) is 0 Å². The summed E-state index contributed by atoms with van der Waals surface area (Å²) in [7, 11) is 3.83. The Bertz CT molecular complexity index is 382. The Morgan fingerprint density at radius 3 is 2.65 bits per heavy atom. The molecule has 0 aliphatic carbocycles. The lowest BCUT2D eigenvalue weighted by Gasteiger charge is -2.27. The highest BCUT2D eigenvalue weighted by Gasteiger charge is 2.15. The van der Waals surface area contributed by atoms with Crippen molar-refractivity contribution in [3.05, 3.63) is 29.8 Å². The predicted molar refractivity (Wildman–Crippen MR) is 83.1 cm³/mol. The fourth-order valence-electron chi connectivity index (χ4n) is 2.25. The second-order valence-corrected chi connectivity index (χ2v) is 5.32. The number of nitrogens with two attached hydrogens (primary N) is 1. The summed E-state index contributed by atoms with van der Waals surface area (Å²) in [5, 5.41) is 0. The first kappa shape index (κ1) is 17.0. The molecule has 0 saturated heterocycles. The standard InChI is InChI=1S/C16H28N2O2/c1-13(2)20-15-8-5-7-14(11-15)16(12-17)18(3)9-6-10-19-4/h5,7-8,11,13,16H,6,9-10,12,17H2,1-4H3. The van der Waals surface area contributed by atoms with Crippen LogP contribution in [-0.2, 0) is 4.74 Å². The normalized spacial score (nSPS) is 12.9. The quantitative estimate of drug-likeness (QED) is 0.706. The van der Waals surface area contributed by atoms with E-state index < -0.39 is 0 Å². The van der Waals surface area contributed by atoms with E-state index in [-0.39, 0.29) is 12.1 Å². The van der Waals surface area contributed by atoms with Crippen molar-refractivity contribution in [1.29, 1.82) is 0 Å². The molecular formula is C16H28N2O2. The van der Waals surface area contributed by atoms with Crippen LogP contribution in [0.15, 0.2) is 24.3 Å². The number of hydrogen-bond acceptors (Lipinski definition) is 4. The molecular weight excluding hydrogens is 252 g/mol. The molecule has 0 saturated carbocycles. The second kappa shape index (κ2) is 8.95. The van der Waals surface area contributed by atoms with E-state index in [4.69, 9.17) is 15.2 Å². The molecule has 20 heavy (non-hydrogen) atoms. The van der Waals surface area contributed by atoms with Gasteiger partial charge in [0.1, 0.15) is 5.75 Å². The maximum atomic E-state index is 5.95. The van der Waals surface area contributed by atoms with Crippen molar-refractivity contribution in [2.75, 3.05) is 33.9 Å². The fraction of sp³-hybridized carbons (Fsp3) is 0.625. The van der Waals surface area contributed by atoms with Crippen molar-refractivity contribution in [1.82, 2.24) is 4.90 Å². The van der Waals surface area contributed by atoms with E-state index in [1.54, 1.807) is 7.11 Å². The van der Waals surface area contributed by atoms with Gasteiger partial charge >= 0.3 is 0 Å². The van der Waals surface area contributed by atoms with Gasteiger partial charge in [0.15, 0.2) is 0 Å². The molecule has 4 heteroatoms. The molecule has 2 N–H and O–H groups in total. The molecule has 4 nitrogen and oxygen atoms in total. The van der Waals surface area contributed by atoms with Crippen LogP contribution in [0.3, 0.4) is 0 Å². The number of hydrogen-bond donors (Lipinski definition) is 1. The Kier molecular flexibility index (Phi) is 7.59. The number of rotatable bonds is 9. The van der Waals surface area contributed by atoms with E-state index in [0.717, 1.165) is 25.3 Å². The van der Waals surface area contributed by atoms with Gasteiger partial charge in [0.25, 0.3) is 0 Å². The lowest BCUT2D eigenvalue weighted by atomic mass is 10.1. The summed E-state index contributed by atoms with van der Waals surface area (Å²) in [6, 6.07) is 8.42. The topological polar surface area (TPSA) is 47.7 Å². The van der Waals surface area contributed by atoms with E-state index in [1.807, 2.05) is 26.0 Å². The van der Waals surface area contributed by atoms with Gasteiger partial charge in [0, 0.05) is 32.8 Å². The Morgan fingerprint density at radius 2 is 2.05 bits per heavy atom. The molecule has 114 valence electrons. The Balaban J connectivity index is 2.72. The van der Waals surface area contributed by atoms with Crippen molar-refractivity contribution in [2.45, 2.75) is 32.4 Å². The largest absolute Gasteiger partial charge is 0.491 e. The maximum Gasteiger partial charge on any atom is 0.120 e. The van der Waals surface area contributed by atoms with Gasteiger partial charge in [0.05, 0.1) is 6.10 Å². The van der Waals surface area contributed by atoms with Gasteiger partial charge in [-0.15, -0.1) is 0 Å². The first-order chi connectivity index (χ1) is 9.58. The van der Waals surface area contributed by atoms with Crippen LogP contribution in [0.2, 0.25) is 0 Å². The zero-order chi connectivity index (χ0) is 15.0. The fourth-order valence-corrected chi connectivity index (χ4v) is 2.25. The average molecular weight is 280 g/mol. The molecule has 0 aliphatic rings. The lowest BCUT2D eigenvalue weighted by molar-refractivity contribution is 0.166. The van der Waals surface area contributed by atoms with Gasteiger partial charge in [-0.05, 0) is 45.0 Å². The van der Waals surface area contributed by atoms with Crippen molar-refractivity contribution in [3.8, 4) is 5.75 Å². The smallest absolute Gasteiger partial charge is 0.120 e. The van der Waals surface area contributed by atoms with Crippen LogP contribution in [0.5, 0.6) is 5.75 Å². The highest BCUT2D eigenvalue weighted by atomic mass is 16.5. The van der Waals surface area contributed by atoms with E-state index in [1.165, 1.54) is 5.56 Å². The van der Waals surface area contributed by atoms with Crippen LogP contribution in [0.1, 0.15) is 31.9 Å². The Labute approximate surface area is 122 Å². The second-order valence-electron chi connectivity index (χ2n) is 5.32. The molecule has 0 heterocycles. The molecule has 0 bridgehead atoms. The number of nitrogens with zero attached hydrogens (tertiary/aromatic N) is 1. The molecule has 0 spiro atoms.